The molecule has 0 aliphatic heterocycles. The molecule has 0 fully saturated rings. The molecule has 0 bridgehead atoms. The zero-order chi connectivity index (χ0) is 13.7. The number of methoxy groups -OCH3 is 1. The molecular weight excluding hydrogens is 224 g/mol. The zero-order valence-electron chi connectivity index (χ0n) is 12.2. The minimum absolute atomic E-state index is 0.290. The Morgan fingerprint density at radius 3 is 2.39 bits per heavy atom. The molecular formula is C15H26N2O. The summed E-state index contributed by atoms with van der Waals surface area (Å²) in [5, 5.41) is 3.37. The van der Waals surface area contributed by atoms with Crippen LogP contribution in [-0.2, 0) is 0 Å². The van der Waals surface area contributed by atoms with Gasteiger partial charge in [0.2, 0.25) is 0 Å². The fourth-order valence-corrected chi connectivity index (χ4v) is 2.16. The Morgan fingerprint density at radius 1 is 1.28 bits per heavy atom. The first-order valence-corrected chi connectivity index (χ1v) is 6.55. The van der Waals surface area contributed by atoms with Crippen LogP contribution in [0.3, 0.4) is 0 Å². The first-order chi connectivity index (χ1) is 8.53. The Kier molecular flexibility index (Phi) is 5.63. The van der Waals surface area contributed by atoms with E-state index < -0.39 is 0 Å². The lowest BCUT2D eigenvalue weighted by Gasteiger charge is -2.23. The van der Waals surface area contributed by atoms with E-state index in [1.54, 1.807) is 7.11 Å². The molecule has 2 atom stereocenters. The van der Waals surface area contributed by atoms with Crippen LogP contribution in [0.1, 0.15) is 36.1 Å². The lowest BCUT2D eigenvalue weighted by molar-refractivity contribution is 0.384. The maximum Gasteiger partial charge on any atom is 0.123 e. The molecule has 0 radical (unpaired) electrons. The van der Waals surface area contributed by atoms with Gasteiger partial charge < -0.3 is 15.8 Å². The maximum atomic E-state index is 5.72. The van der Waals surface area contributed by atoms with Crippen LogP contribution in [0, 0.1) is 19.8 Å². The highest BCUT2D eigenvalue weighted by molar-refractivity contribution is 5.43. The van der Waals surface area contributed by atoms with E-state index in [1.807, 2.05) is 7.05 Å². The Labute approximate surface area is 111 Å². The van der Waals surface area contributed by atoms with E-state index in [0.29, 0.717) is 12.5 Å². The minimum Gasteiger partial charge on any atom is -0.496 e. The predicted octanol–water partition coefficient (Wildman–Crippen LogP) is 2.56. The highest BCUT2D eigenvalue weighted by Crippen LogP contribution is 2.31. The Balaban J connectivity index is 3.07. The van der Waals surface area contributed by atoms with Crippen LogP contribution in [0.2, 0.25) is 0 Å². The second-order valence-electron chi connectivity index (χ2n) is 5.10. The highest BCUT2D eigenvalue weighted by Gasteiger charge is 2.17. The molecule has 18 heavy (non-hydrogen) atoms. The first kappa shape index (κ1) is 15.0. The van der Waals surface area contributed by atoms with E-state index >= 15 is 0 Å². The number of hydrogen-bond acceptors (Lipinski definition) is 3. The summed E-state index contributed by atoms with van der Waals surface area (Å²) in [5.74, 6) is 1.45. The molecule has 1 aromatic rings. The monoisotopic (exact) mass is 250 g/mol. The van der Waals surface area contributed by atoms with Crippen molar-refractivity contribution < 1.29 is 4.74 Å². The molecule has 1 aromatic carbocycles. The normalized spacial score (nSPS) is 14.3. The molecule has 0 amide bonds. The van der Waals surface area contributed by atoms with Gasteiger partial charge in [0.15, 0.2) is 0 Å². The average Bonchev–Trinajstić information content (AvgIpc) is 2.38. The summed E-state index contributed by atoms with van der Waals surface area (Å²) >= 11 is 0. The number of aryl methyl sites for hydroxylation is 2. The zero-order valence-corrected chi connectivity index (χ0v) is 12.2. The summed E-state index contributed by atoms with van der Waals surface area (Å²) in [6.07, 6.45) is 1.02. The molecule has 2 unspecified atom stereocenters. The third kappa shape index (κ3) is 3.47. The number of nitrogens with one attached hydrogen (secondary N) is 1. The molecule has 0 saturated carbocycles. The quantitative estimate of drug-likeness (QED) is 0.815. The minimum atomic E-state index is 0.290. The van der Waals surface area contributed by atoms with Gasteiger partial charge in [-0.2, -0.15) is 0 Å². The van der Waals surface area contributed by atoms with Crippen LogP contribution in [-0.4, -0.2) is 20.7 Å². The second-order valence-corrected chi connectivity index (χ2v) is 5.10. The van der Waals surface area contributed by atoms with Gasteiger partial charge in [-0.05, 0) is 57.0 Å². The highest BCUT2D eigenvalue weighted by atomic mass is 16.5. The van der Waals surface area contributed by atoms with Gasteiger partial charge in [0, 0.05) is 11.6 Å². The molecule has 1 rings (SSSR count). The topological polar surface area (TPSA) is 47.3 Å². The SMILES string of the molecule is CNC(CC(C)CN)c1cc(C)c(C)cc1OC. The predicted molar refractivity (Wildman–Crippen MR) is 77.1 cm³/mol. The van der Waals surface area contributed by atoms with Gasteiger partial charge >= 0.3 is 0 Å². The van der Waals surface area contributed by atoms with Gasteiger partial charge in [0.05, 0.1) is 7.11 Å². The van der Waals surface area contributed by atoms with Crippen molar-refractivity contribution in [3.05, 3.63) is 28.8 Å². The summed E-state index contributed by atoms with van der Waals surface area (Å²) in [6.45, 7) is 7.14. The second kappa shape index (κ2) is 6.76. The Hall–Kier alpha value is -1.06. The van der Waals surface area contributed by atoms with Crippen LogP contribution >= 0.6 is 0 Å². The third-order valence-corrected chi connectivity index (χ3v) is 3.61. The maximum absolute atomic E-state index is 5.72. The van der Waals surface area contributed by atoms with Gasteiger partial charge in [-0.3, -0.25) is 0 Å². The van der Waals surface area contributed by atoms with Gasteiger partial charge in [0.25, 0.3) is 0 Å². The standard InChI is InChI=1S/C15H26N2O/c1-10(9-16)6-14(17-4)13-7-11(2)12(3)8-15(13)18-5/h7-8,10,14,17H,6,9,16H2,1-5H3. The van der Waals surface area contributed by atoms with E-state index in [4.69, 9.17) is 10.5 Å². The number of hydrogen-bond donors (Lipinski definition) is 2. The summed E-state index contributed by atoms with van der Waals surface area (Å²) in [5.41, 5.74) is 9.50. The molecule has 3 N–H and O–H groups in total. The van der Waals surface area contributed by atoms with E-state index in [0.717, 1.165) is 12.2 Å². The lowest BCUT2D eigenvalue weighted by atomic mass is 9.93. The number of ether oxygens (including phenoxy) is 1. The van der Waals surface area contributed by atoms with E-state index in [1.165, 1.54) is 16.7 Å². The average molecular weight is 250 g/mol. The summed E-state index contributed by atoms with van der Waals surface area (Å²) < 4.78 is 5.51. The summed E-state index contributed by atoms with van der Waals surface area (Å²) in [7, 11) is 3.72. The molecule has 102 valence electrons. The molecule has 0 aliphatic carbocycles. The van der Waals surface area contributed by atoms with Crippen LogP contribution in [0.5, 0.6) is 5.75 Å². The molecule has 0 aromatic heterocycles. The molecule has 0 heterocycles. The van der Waals surface area contributed by atoms with Gasteiger partial charge in [-0.1, -0.05) is 13.0 Å². The number of nitrogens with two attached hydrogens (primary N) is 1. The van der Waals surface area contributed by atoms with Crippen molar-refractivity contribution in [3.63, 3.8) is 0 Å². The van der Waals surface area contributed by atoms with Crippen LogP contribution in [0.25, 0.3) is 0 Å². The van der Waals surface area contributed by atoms with Crippen LogP contribution < -0.4 is 15.8 Å². The van der Waals surface area contributed by atoms with Gasteiger partial charge in [-0.15, -0.1) is 0 Å². The largest absolute Gasteiger partial charge is 0.496 e. The van der Waals surface area contributed by atoms with Gasteiger partial charge in [-0.25, -0.2) is 0 Å². The van der Waals surface area contributed by atoms with Crippen molar-refractivity contribution in [2.24, 2.45) is 11.7 Å². The molecule has 3 nitrogen and oxygen atoms in total. The third-order valence-electron chi connectivity index (χ3n) is 3.61. The molecule has 0 spiro atoms. The fraction of sp³-hybridized carbons (Fsp3) is 0.600. The van der Waals surface area contributed by atoms with Crippen LogP contribution in [0.4, 0.5) is 0 Å². The summed E-state index contributed by atoms with van der Waals surface area (Å²) in [4.78, 5) is 0. The van der Waals surface area contributed by atoms with Crippen molar-refractivity contribution in [2.45, 2.75) is 33.2 Å². The van der Waals surface area contributed by atoms with Crippen molar-refractivity contribution in [2.75, 3.05) is 20.7 Å². The van der Waals surface area contributed by atoms with Crippen LogP contribution in [0.15, 0.2) is 12.1 Å². The summed E-state index contributed by atoms with van der Waals surface area (Å²) in [6, 6.07) is 4.62. The van der Waals surface area contributed by atoms with Crippen molar-refractivity contribution in [1.82, 2.24) is 5.32 Å². The molecule has 0 saturated heterocycles. The first-order valence-electron chi connectivity index (χ1n) is 6.55. The number of benzene rings is 1. The Morgan fingerprint density at radius 2 is 1.89 bits per heavy atom. The fourth-order valence-electron chi connectivity index (χ4n) is 2.16. The van der Waals surface area contributed by atoms with E-state index in [2.05, 4.69) is 38.2 Å². The lowest BCUT2D eigenvalue weighted by Crippen LogP contribution is -2.23. The van der Waals surface area contributed by atoms with Crippen molar-refractivity contribution >= 4 is 0 Å². The van der Waals surface area contributed by atoms with E-state index in [9.17, 15) is 0 Å². The Bertz CT molecular complexity index is 390. The number of rotatable bonds is 6. The van der Waals surface area contributed by atoms with E-state index in [-0.39, 0.29) is 6.04 Å². The smallest absolute Gasteiger partial charge is 0.123 e. The van der Waals surface area contributed by atoms with Gasteiger partial charge in [0.1, 0.15) is 5.75 Å². The molecule has 3 heteroatoms. The molecule has 0 aliphatic rings. The van der Waals surface area contributed by atoms with Crippen molar-refractivity contribution in [3.8, 4) is 5.75 Å². The van der Waals surface area contributed by atoms with Crippen molar-refractivity contribution in [1.29, 1.82) is 0 Å².